The highest BCUT2D eigenvalue weighted by atomic mass is 32.2. The van der Waals surface area contributed by atoms with Crippen molar-refractivity contribution < 1.29 is 12.8 Å². The summed E-state index contributed by atoms with van der Waals surface area (Å²) in [5, 5.41) is 11.0. The Hall–Kier alpha value is -2.76. The van der Waals surface area contributed by atoms with E-state index in [1.54, 1.807) is 6.07 Å². The van der Waals surface area contributed by atoms with Crippen LogP contribution in [0.1, 0.15) is 56.2 Å². The molecule has 0 bridgehead atoms. The molecule has 1 saturated carbocycles. The lowest BCUT2D eigenvalue weighted by molar-refractivity contribution is 0.363. The molecule has 1 aliphatic rings. The van der Waals surface area contributed by atoms with Gasteiger partial charge in [-0.15, -0.1) is 0 Å². The fraction of sp³-hybridized carbons (Fsp3) is 0.417. The summed E-state index contributed by atoms with van der Waals surface area (Å²) in [4.78, 5) is 4.41. The van der Waals surface area contributed by atoms with Gasteiger partial charge in [0.25, 0.3) is 0 Å². The molecule has 2 heterocycles. The Bertz CT molecular complexity index is 1270. The van der Waals surface area contributed by atoms with Crippen LogP contribution in [-0.2, 0) is 10.0 Å². The Labute approximate surface area is 188 Å². The topological polar surface area (TPSA) is 87.8 Å². The second-order valence-electron chi connectivity index (χ2n) is 8.57. The van der Waals surface area contributed by atoms with Crippen LogP contribution in [-0.4, -0.2) is 30.7 Å². The van der Waals surface area contributed by atoms with Crippen molar-refractivity contribution in [1.82, 2.24) is 14.3 Å². The van der Waals surface area contributed by atoms with Gasteiger partial charge in [0, 0.05) is 23.7 Å². The van der Waals surface area contributed by atoms with Gasteiger partial charge in [0.05, 0.1) is 22.5 Å². The lowest BCUT2D eigenvalue weighted by Gasteiger charge is -2.26. The van der Waals surface area contributed by atoms with Gasteiger partial charge < -0.3 is 4.57 Å². The van der Waals surface area contributed by atoms with E-state index in [9.17, 15) is 18.1 Å². The van der Waals surface area contributed by atoms with Gasteiger partial charge in [-0.2, -0.15) is 5.26 Å². The van der Waals surface area contributed by atoms with E-state index in [1.165, 1.54) is 25.6 Å². The van der Waals surface area contributed by atoms with Crippen LogP contribution in [0.4, 0.5) is 4.39 Å². The summed E-state index contributed by atoms with van der Waals surface area (Å²) in [6.07, 6.45) is 6.84. The Morgan fingerprint density at radius 2 is 2.00 bits per heavy atom. The van der Waals surface area contributed by atoms with Gasteiger partial charge in [-0.25, -0.2) is 17.5 Å². The molecule has 6 nitrogen and oxygen atoms in total. The molecular weight excluding hydrogens is 427 g/mol. The zero-order valence-electron chi connectivity index (χ0n) is 18.3. The Balaban J connectivity index is 1.86. The summed E-state index contributed by atoms with van der Waals surface area (Å²) in [5.41, 5.74) is 3.92. The third kappa shape index (κ3) is 4.15. The summed E-state index contributed by atoms with van der Waals surface area (Å²) in [5.74, 6) is 0. The fourth-order valence-electron chi connectivity index (χ4n) is 4.56. The van der Waals surface area contributed by atoms with E-state index >= 15 is 0 Å². The predicted molar refractivity (Wildman–Crippen MR) is 123 cm³/mol. The number of benzene rings is 1. The van der Waals surface area contributed by atoms with E-state index in [2.05, 4.69) is 26.4 Å². The average molecular weight is 455 g/mol. The lowest BCUT2D eigenvalue weighted by atomic mass is 9.95. The van der Waals surface area contributed by atoms with Gasteiger partial charge in [-0.3, -0.25) is 4.98 Å². The summed E-state index contributed by atoms with van der Waals surface area (Å²) in [6, 6.07) is 11.1. The number of aromatic nitrogens is 2. The molecule has 3 aromatic rings. The second kappa shape index (κ2) is 9.00. The molecule has 0 spiro atoms. The first-order valence-corrected chi connectivity index (χ1v) is 12.4. The summed E-state index contributed by atoms with van der Waals surface area (Å²) < 4.78 is 42.3. The summed E-state index contributed by atoms with van der Waals surface area (Å²) >= 11 is 0. The van der Waals surface area contributed by atoms with Crippen LogP contribution >= 0.6 is 0 Å². The molecule has 1 aliphatic carbocycles. The zero-order chi connectivity index (χ0) is 22.9. The molecule has 4 rings (SSSR count). The van der Waals surface area contributed by atoms with Crippen LogP contribution in [0, 0.1) is 18.3 Å². The molecule has 0 radical (unpaired) electrons. The number of nitrogens with one attached hydrogen (secondary N) is 1. The van der Waals surface area contributed by atoms with E-state index in [0.717, 1.165) is 47.8 Å². The van der Waals surface area contributed by atoms with Crippen molar-refractivity contribution in [1.29, 1.82) is 5.26 Å². The number of fused-ring (bicyclic) bond motifs is 1. The molecule has 8 heteroatoms. The molecule has 0 amide bonds. The molecular formula is C24H27FN4O2S. The molecule has 168 valence electrons. The number of aryl methyl sites for hydroxylation is 1. The van der Waals surface area contributed by atoms with E-state index in [4.69, 9.17) is 0 Å². The molecule has 1 aromatic carbocycles. The number of nitriles is 1. The van der Waals surface area contributed by atoms with Gasteiger partial charge in [0.1, 0.15) is 17.6 Å². The van der Waals surface area contributed by atoms with Crippen molar-refractivity contribution in [2.45, 2.75) is 62.9 Å². The number of hydrogen-bond acceptors (Lipinski definition) is 4. The van der Waals surface area contributed by atoms with Crippen molar-refractivity contribution in [2.75, 3.05) is 6.67 Å². The molecule has 1 N–H and O–H groups in total. The highest BCUT2D eigenvalue weighted by Gasteiger charge is 2.26. The number of hydrogen-bond donors (Lipinski definition) is 1. The predicted octanol–water partition coefficient (Wildman–Crippen LogP) is 5.02. The maximum Gasteiger partial charge on any atom is 0.242 e. The lowest BCUT2D eigenvalue weighted by Crippen LogP contribution is -2.34. The molecule has 0 saturated heterocycles. The smallest absolute Gasteiger partial charge is 0.242 e. The van der Waals surface area contributed by atoms with Crippen LogP contribution in [0.25, 0.3) is 22.3 Å². The number of nitrogens with zero attached hydrogens (tertiary/aromatic N) is 3. The van der Waals surface area contributed by atoms with E-state index in [0.29, 0.717) is 11.3 Å². The number of pyridine rings is 1. The summed E-state index contributed by atoms with van der Waals surface area (Å²) in [6.45, 7) is 2.67. The second-order valence-corrected chi connectivity index (χ2v) is 10.3. The molecule has 2 aromatic heterocycles. The first-order chi connectivity index (χ1) is 15.4. The first-order valence-electron chi connectivity index (χ1n) is 10.9. The Kier molecular flexibility index (Phi) is 6.31. The molecule has 1 atom stereocenters. The quantitative estimate of drug-likeness (QED) is 0.566. The first kappa shape index (κ1) is 22.4. The van der Waals surface area contributed by atoms with Gasteiger partial charge in [-0.05, 0) is 51.0 Å². The minimum absolute atomic E-state index is 0.0313. The highest BCUT2D eigenvalue weighted by molar-refractivity contribution is 7.89. The van der Waals surface area contributed by atoms with Crippen LogP contribution in [0.2, 0.25) is 0 Å². The Morgan fingerprint density at radius 3 is 2.62 bits per heavy atom. The molecule has 0 aliphatic heterocycles. The van der Waals surface area contributed by atoms with Crippen molar-refractivity contribution >= 4 is 20.9 Å². The number of sulfonamides is 1. The molecule has 0 unspecified atom stereocenters. The van der Waals surface area contributed by atoms with Gasteiger partial charge in [-0.1, -0.05) is 30.9 Å². The number of halogens is 1. The van der Waals surface area contributed by atoms with Crippen LogP contribution < -0.4 is 4.72 Å². The maximum atomic E-state index is 12.8. The third-order valence-electron chi connectivity index (χ3n) is 6.09. The van der Waals surface area contributed by atoms with Gasteiger partial charge in [0.15, 0.2) is 0 Å². The zero-order valence-corrected chi connectivity index (χ0v) is 19.1. The van der Waals surface area contributed by atoms with Gasteiger partial charge in [0.2, 0.25) is 10.0 Å². The van der Waals surface area contributed by atoms with Crippen LogP contribution in [0.15, 0.2) is 41.4 Å². The minimum Gasteiger partial charge on any atom is -0.335 e. The van der Waals surface area contributed by atoms with Crippen LogP contribution in [0.5, 0.6) is 0 Å². The minimum atomic E-state index is -3.87. The molecule has 1 fully saturated rings. The normalized spacial score (nSPS) is 16.2. The van der Waals surface area contributed by atoms with Crippen LogP contribution in [0.3, 0.4) is 0 Å². The van der Waals surface area contributed by atoms with Gasteiger partial charge >= 0.3 is 0 Å². The SMILES string of the molecule is Cc1ccc2c(c1)c(C#N)c(-c1ccc(S(=O)(=O)N[C@@H](C)CF)cn1)n2C1CCCCC1. The van der Waals surface area contributed by atoms with E-state index in [-0.39, 0.29) is 10.9 Å². The average Bonchev–Trinajstić information content (AvgIpc) is 3.12. The van der Waals surface area contributed by atoms with Crippen molar-refractivity contribution in [3.63, 3.8) is 0 Å². The third-order valence-corrected chi connectivity index (χ3v) is 7.66. The van der Waals surface area contributed by atoms with E-state index in [1.807, 2.05) is 19.1 Å². The molecule has 32 heavy (non-hydrogen) atoms. The van der Waals surface area contributed by atoms with Crippen molar-refractivity contribution in [3.05, 3.63) is 47.7 Å². The monoisotopic (exact) mass is 454 g/mol. The summed E-state index contributed by atoms with van der Waals surface area (Å²) in [7, 11) is -3.87. The maximum absolute atomic E-state index is 12.8. The van der Waals surface area contributed by atoms with Crippen molar-refractivity contribution in [3.8, 4) is 17.5 Å². The number of alkyl halides is 1. The number of rotatable bonds is 6. The fourth-order valence-corrected chi connectivity index (χ4v) is 5.72. The highest BCUT2D eigenvalue weighted by Crippen LogP contribution is 2.40. The Morgan fingerprint density at radius 1 is 1.25 bits per heavy atom. The van der Waals surface area contributed by atoms with Crippen molar-refractivity contribution in [2.24, 2.45) is 0 Å². The van der Waals surface area contributed by atoms with E-state index < -0.39 is 22.7 Å². The largest absolute Gasteiger partial charge is 0.335 e. The standard InChI is InChI=1S/C24H27FN4O2S/c1-16-8-11-23-20(12-16)21(14-26)24(29(23)18-6-4-3-5-7-18)22-10-9-19(15-27-22)32(30,31)28-17(2)13-25/h8-12,15,17-18,28H,3-7,13H2,1-2H3/t17-/m0/s1.